The highest BCUT2D eigenvalue weighted by Crippen LogP contribution is 2.16. The summed E-state index contributed by atoms with van der Waals surface area (Å²) in [7, 11) is 0. The first-order chi connectivity index (χ1) is 12.7. The number of ether oxygens (including phenoxy) is 2. The van der Waals surface area contributed by atoms with E-state index in [1.807, 2.05) is 0 Å². The van der Waals surface area contributed by atoms with Crippen molar-refractivity contribution in [2.75, 3.05) is 19.8 Å². The van der Waals surface area contributed by atoms with Crippen LogP contribution in [0.3, 0.4) is 0 Å². The highest BCUT2D eigenvalue weighted by Gasteiger charge is 2.37. The molecule has 0 bridgehead atoms. The van der Waals surface area contributed by atoms with Crippen molar-refractivity contribution >= 4 is 0 Å². The molecule has 0 aromatic carbocycles. The van der Waals surface area contributed by atoms with Crippen molar-refractivity contribution in [2.45, 2.75) is 102 Å². The van der Waals surface area contributed by atoms with E-state index in [-0.39, 0.29) is 13.2 Å². The van der Waals surface area contributed by atoms with Crippen molar-refractivity contribution in [2.24, 2.45) is 0 Å². The average Bonchev–Trinajstić information content (AvgIpc) is 2.64. The second-order valence-electron chi connectivity index (χ2n) is 7.37. The van der Waals surface area contributed by atoms with Crippen molar-refractivity contribution < 1.29 is 24.8 Å². The lowest BCUT2D eigenvalue weighted by Crippen LogP contribution is -2.54. The quantitative estimate of drug-likeness (QED) is 0.303. The molecule has 0 radical (unpaired) electrons. The minimum absolute atomic E-state index is 0.0411. The molecule has 5 nitrogen and oxygen atoms in total. The summed E-state index contributed by atoms with van der Waals surface area (Å²) in [5.41, 5.74) is 0. The van der Waals surface area contributed by atoms with Gasteiger partial charge < -0.3 is 24.8 Å². The number of aliphatic hydroxyl groups is 3. The molecule has 0 saturated carbocycles. The van der Waals surface area contributed by atoms with E-state index in [0.29, 0.717) is 6.61 Å². The van der Waals surface area contributed by atoms with Gasteiger partial charge in [-0.3, -0.25) is 0 Å². The van der Waals surface area contributed by atoms with Crippen LogP contribution in [0.2, 0.25) is 0 Å². The zero-order valence-corrected chi connectivity index (χ0v) is 16.5. The highest BCUT2D eigenvalue weighted by atomic mass is 16.6. The third kappa shape index (κ3) is 10.6. The van der Waals surface area contributed by atoms with E-state index in [1.165, 1.54) is 57.8 Å². The molecule has 26 heavy (non-hydrogen) atoms. The maximum absolute atomic E-state index is 9.80. The van der Waals surface area contributed by atoms with Gasteiger partial charge in [-0.2, -0.15) is 0 Å². The molecule has 0 spiro atoms. The largest absolute Gasteiger partial charge is 0.388 e. The van der Waals surface area contributed by atoms with Crippen LogP contribution in [0.4, 0.5) is 0 Å². The molecule has 1 saturated heterocycles. The van der Waals surface area contributed by atoms with Crippen molar-refractivity contribution in [3.05, 3.63) is 12.2 Å². The van der Waals surface area contributed by atoms with Gasteiger partial charge in [0.25, 0.3) is 0 Å². The minimum atomic E-state index is -1.15. The van der Waals surface area contributed by atoms with Gasteiger partial charge in [0.2, 0.25) is 0 Å². The molecule has 5 heteroatoms. The summed E-state index contributed by atoms with van der Waals surface area (Å²) in [4.78, 5) is 0. The van der Waals surface area contributed by atoms with Gasteiger partial charge in [-0.1, -0.05) is 57.6 Å². The number of hydrogen-bond acceptors (Lipinski definition) is 5. The lowest BCUT2D eigenvalue weighted by atomic mass is 10.0. The summed E-state index contributed by atoms with van der Waals surface area (Å²) in [6.07, 6.45) is 14.5. The summed E-state index contributed by atoms with van der Waals surface area (Å²) in [6, 6.07) is 0. The van der Waals surface area contributed by atoms with Crippen LogP contribution in [0.5, 0.6) is 0 Å². The molecule has 0 aromatic heterocycles. The van der Waals surface area contributed by atoms with Gasteiger partial charge in [0.15, 0.2) is 0 Å². The van der Waals surface area contributed by atoms with E-state index in [1.54, 1.807) is 0 Å². The molecule has 0 unspecified atom stereocenters. The van der Waals surface area contributed by atoms with E-state index < -0.39 is 24.4 Å². The van der Waals surface area contributed by atoms with Crippen LogP contribution in [0.1, 0.15) is 77.6 Å². The van der Waals surface area contributed by atoms with Crippen LogP contribution >= 0.6 is 0 Å². The third-order valence-corrected chi connectivity index (χ3v) is 4.94. The van der Waals surface area contributed by atoms with E-state index in [2.05, 4.69) is 19.1 Å². The zero-order chi connectivity index (χ0) is 19.0. The van der Waals surface area contributed by atoms with Crippen molar-refractivity contribution in [3.63, 3.8) is 0 Å². The molecule has 3 N–H and O–H groups in total. The number of rotatable bonds is 15. The first kappa shape index (κ1) is 23.6. The van der Waals surface area contributed by atoms with Crippen molar-refractivity contribution in [1.29, 1.82) is 0 Å². The maximum Gasteiger partial charge on any atom is 0.111 e. The molecule has 1 rings (SSSR count). The molecule has 1 aliphatic heterocycles. The lowest BCUT2D eigenvalue weighted by molar-refractivity contribution is -0.199. The second kappa shape index (κ2) is 15.6. The third-order valence-electron chi connectivity index (χ3n) is 4.94. The van der Waals surface area contributed by atoms with Crippen LogP contribution in [-0.4, -0.2) is 59.6 Å². The number of allylic oxidation sites excluding steroid dienone is 2. The van der Waals surface area contributed by atoms with Gasteiger partial charge in [0.1, 0.15) is 24.4 Å². The first-order valence-electron chi connectivity index (χ1n) is 10.5. The maximum atomic E-state index is 9.80. The predicted molar refractivity (Wildman–Crippen MR) is 104 cm³/mol. The number of aliphatic hydroxyl groups excluding tert-OH is 3. The molecule has 1 aliphatic rings. The molecule has 0 aromatic rings. The van der Waals surface area contributed by atoms with Gasteiger partial charge >= 0.3 is 0 Å². The fourth-order valence-electron chi connectivity index (χ4n) is 3.13. The SMILES string of the molecule is CCCCCC/C=C/CCCCCCCOC[C@@H]1OC[C@@H](O)[C@H](O)[C@H]1O. The van der Waals surface area contributed by atoms with Gasteiger partial charge in [-0.25, -0.2) is 0 Å². The Hall–Kier alpha value is -0.460. The summed E-state index contributed by atoms with van der Waals surface area (Å²) in [5.74, 6) is 0. The molecule has 4 atom stereocenters. The fourth-order valence-corrected chi connectivity index (χ4v) is 3.13. The Morgan fingerprint density at radius 3 is 2.15 bits per heavy atom. The topological polar surface area (TPSA) is 79.2 Å². The normalized spacial score (nSPS) is 26.6. The van der Waals surface area contributed by atoms with Crippen LogP contribution in [0, 0.1) is 0 Å². The van der Waals surface area contributed by atoms with E-state index in [0.717, 1.165) is 12.8 Å². The van der Waals surface area contributed by atoms with Crippen LogP contribution in [0.25, 0.3) is 0 Å². The smallest absolute Gasteiger partial charge is 0.111 e. The Bertz CT molecular complexity index is 347. The van der Waals surface area contributed by atoms with Crippen LogP contribution in [0.15, 0.2) is 12.2 Å². The second-order valence-corrected chi connectivity index (χ2v) is 7.37. The van der Waals surface area contributed by atoms with Gasteiger partial charge in [-0.05, 0) is 32.1 Å². The van der Waals surface area contributed by atoms with E-state index in [4.69, 9.17) is 9.47 Å². The molecule has 1 heterocycles. The molecular formula is C21H40O5. The first-order valence-corrected chi connectivity index (χ1v) is 10.5. The van der Waals surface area contributed by atoms with Crippen LogP contribution < -0.4 is 0 Å². The predicted octanol–water partition coefficient (Wildman–Crippen LogP) is 3.35. The fraction of sp³-hybridized carbons (Fsp3) is 0.905. The zero-order valence-electron chi connectivity index (χ0n) is 16.5. The summed E-state index contributed by atoms with van der Waals surface area (Å²) in [5, 5.41) is 28.8. The Kier molecular flexibility index (Phi) is 14.1. The number of hydrogen-bond donors (Lipinski definition) is 3. The van der Waals surface area contributed by atoms with Crippen molar-refractivity contribution in [1.82, 2.24) is 0 Å². The number of unbranched alkanes of at least 4 members (excludes halogenated alkanes) is 9. The molecule has 0 aliphatic carbocycles. The summed E-state index contributed by atoms with van der Waals surface area (Å²) >= 11 is 0. The Morgan fingerprint density at radius 2 is 1.46 bits per heavy atom. The molecule has 0 amide bonds. The summed E-state index contributed by atoms with van der Waals surface area (Å²) < 4.78 is 10.8. The molecular weight excluding hydrogens is 332 g/mol. The van der Waals surface area contributed by atoms with E-state index >= 15 is 0 Å². The molecule has 154 valence electrons. The molecule has 1 fully saturated rings. The summed E-state index contributed by atoms with van der Waals surface area (Å²) in [6.45, 7) is 3.19. The van der Waals surface area contributed by atoms with Crippen LogP contribution in [-0.2, 0) is 9.47 Å². The Balaban J connectivity index is 1.84. The highest BCUT2D eigenvalue weighted by molar-refractivity contribution is 4.86. The standard InChI is InChI=1S/C21H40O5/c1-2-3-4-5-6-7-8-9-10-11-12-13-14-15-25-17-19-21(24)20(23)18(22)16-26-19/h7-8,18-24H,2-6,9-17H2,1H3/b8-7+/t18-,19+,20+,21+/m1/s1. The lowest BCUT2D eigenvalue weighted by Gasteiger charge is -2.35. The van der Waals surface area contributed by atoms with Gasteiger partial charge in [0.05, 0.1) is 13.2 Å². The van der Waals surface area contributed by atoms with Crippen molar-refractivity contribution in [3.8, 4) is 0 Å². The Morgan fingerprint density at radius 1 is 0.846 bits per heavy atom. The van der Waals surface area contributed by atoms with Gasteiger partial charge in [0, 0.05) is 6.61 Å². The monoisotopic (exact) mass is 372 g/mol. The van der Waals surface area contributed by atoms with Gasteiger partial charge in [-0.15, -0.1) is 0 Å². The Labute approximate surface area is 159 Å². The average molecular weight is 373 g/mol. The van der Waals surface area contributed by atoms with E-state index in [9.17, 15) is 15.3 Å². The minimum Gasteiger partial charge on any atom is -0.388 e.